The average Bonchev–Trinajstić information content (AvgIpc) is 3.96. The van der Waals surface area contributed by atoms with E-state index in [1.807, 2.05) is 46.9 Å². The van der Waals surface area contributed by atoms with Gasteiger partial charge in [0.25, 0.3) is 0 Å². The molecule has 3 heterocycles. The lowest BCUT2D eigenvalue weighted by Crippen LogP contribution is -2.39. The second-order valence-electron chi connectivity index (χ2n) is 14.9. The van der Waals surface area contributed by atoms with E-state index in [2.05, 4.69) is 150 Å². The van der Waals surface area contributed by atoms with E-state index in [0.29, 0.717) is 6.54 Å². The van der Waals surface area contributed by atoms with Gasteiger partial charge in [0, 0.05) is 58.2 Å². The molecular formula is C51H39N3OS2. The molecule has 0 fully saturated rings. The second kappa shape index (κ2) is 14.3. The van der Waals surface area contributed by atoms with Gasteiger partial charge in [-0.05, 0) is 69.8 Å². The molecule has 0 bridgehead atoms. The molecule has 11 rings (SSSR count). The van der Waals surface area contributed by atoms with Crippen LogP contribution in [0, 0.1) is 0 Å². The zero-order valence-corrected chi connectivity index (χ0v) is 32.8. The number of furan rings is 1. The van der Waals surface area contributed by atoms with E-state index in [9.17, 15) is 0 Å². The van der Waals surface area contributed by atoms with Gasteiger partial charge >= 0.3 is 0 Å². The fraction of sp³-hybridized carbons (Fsp3) is 0.0980. The lowest BCUT2D eigenvalue weighted by atomic mass is 9.98. The van der Waals surface area contributed by atoms with Gasteiger partial charge in [-0.1, -0.05) is 146 Å². The Morgan fingerprint density at radius 3 is 2.21 bits per heavy atom. The van der Waals surface area contributed by atoms with E-state index < -0.39 is 0 Å². The average molecular weight is 774 g/mol. The van der Waals surface area contributed by atoms with Crippen molar-refractivity contribution in [1.82, 2.24) is 10.6 Å². The maximum absolute atomic E-state index is 6.99. The minimum atomic E-state index is -0.386. The summed E-state index contributed by atoms with van der Waals surface area (Å²) in [6, 6.07) is 54.3. The van der Waals surface area contributed by atoms with E-state index in [-0.39, 0.29) is 12.3 Å². The predicted molar refractivity (Wildman–Crippen MR) is 243 cm³/mol. The van der Waals surface area contributed by atoms with E-state index in [1.165, 1.54) is 57.4 Å². The fourth-order valence-electron chi connectivity index (χ4n) is 8.62. The van der Waals surface area contributed by atoms with E-state index in [4.69, 9.17) is 10.2 Å². The molecule has 6 heteroatoms. The molecule has 4 nitrogen and oxygen atoms in total. The van der Waals surface area contributed by atoms with Gasteiger partial charge in [-0.25, -0.2) is 0 Å². The number of hydrogen-bond donors (Lipinski definition) is 3. The Morgan fingerprint density at radius 1 is 0.614 bits per heavy atom. The van der Waals surface area contributed by atoms with Gasteiger partial charge in [0.15, 0.2) is 0 Å². The summed E-state index contributed by atoms with van der Waals surface area (Å²) in [5.74, 6) is 0. The van der Waals surface area contributed by atoms with Crippen LogP contribution in [0.15, 0.2) is 162 Å². The van der Waals surface area contributed by atoms with E-state index in [0.717, 1.165) is 57.0 Å². The van der Waals surface area contributed by atoms with Gasteiger partial charge in [-0.2, -0.15) is 0 Å². The number of nitrogens with one attached hydrogen (secondary N) is 2. The number of allylic oxidation sites excluding steroid dienone is 1. The molecule has 57 heavy (non-hydrogen) atoms. The van der Waals surface area contributed by atoms with Crippen molar-refractivity contribution in [3.8, 4) is 22.3 Å². The first kappa shape index (κ1) is 34.4. The SMILES string of the molecule is NC(NC(NCc1ccccc1)c1cccc2c1oc1c(-c3ccc4sc5c(-c6ccc7c8c(sc7c6)CCC=C8)cccc5c4c3)cccc12)c1ccccc1. The van der Waals surface area contributed by atoms with Crippen LogP contribution < -0.4 is 16.4 Å². The highest BCUT2D eigenvalue weighted by Crippen LogP contribution is 2.45. The molecule has 10 aromatic rings. The topological polar surface area (TPSA) is 63.2 Å². The lowest BCUT2D eigenvalue weighted by Gasteiger charge is -2.25. The second-order valence-corrected chi connectivity index (χ2v) is 17.1. The Hall–Kier alpha value is -5.86. The summed E-state index contributed by atoms with van der Waals surface area (Å²) in [5, 5.41) is 13.5. The minimum Gasteiger partial charge on any atom is -0.455 e. The third-order valence-corrected chi connectivity index (χ3v) is 13.9. The highest BCUT2D eigenvalue weighted by atomic mass is 32.1. The Kier molecular flexibility index (Phi) is 8.61. The van der Waals surface area contributed by atoms with Gasteiger partial charge in [0.1, 0.15) is 11.2 Å². The first-order chi connectivity index (χ1) is 28.2. The van der Waals surface area contributed by atoms with Crippen LogP contribution in [0.3, 0.4) is 0 Å². The van der Waals surface area contributed by atoms with Gasteiger partial charge in [0.2, 0.25) is 0 Å². The highest BCUT2D eigenvalue weighted by Gasteiger charge is 2.23. The largest absolute Gasteiger partial charge is 0.455 e. The van der Waals surface area contributed by atoms with Gasteiger partial charge < -0.3 is 10.2 Å². The molecule has 4 N–H and O–H groups in total. The smallest absolute Gasteiger partial charge is 0.143 e. The van der Waals surface area contributed by atoms with Gasteiger partial charge in [0.05, 0.1) is 12.3 Å². The van der Waals surface area contributed by atoms with Crippen molar-refractivity contribution in [2.45, 2.75) is 31.7 Å². The minimum absolute atomic E-state index is 0.279. The van der Waals surface area contributed by atoms with Crippen molar-refractivity contribution in [2.75, 3.05) is 0 Å². The van der Waals surface area contributed by atoms with Crippen LogP contribution in [0.5, 0.6) is 0 Å². The molecule has 0 spiro atoms. The van der Waals surface area contributed by atoms with Crippen LogP contribution in [0.1, 0.15) is 45.9 Å². The molecule has 0 saturated heterocycles. The van der Waals surface area contributed by atoms with Gasteiger partial charge in [-0.3, -0.25) is 10.6 Å². The van der Waals surface area contributed by atoms with Crippen molar-refractivity contribution in [2.24, 2.45) is 5.73 Å². The molecule has 1 aliphatic rings. The molecule has 2 atom stereocenters. The molecular weight excluding hydrogens is 735 g/mol. The van der Waals surface area contributed by atoms with Crippen molar-refractivity contribution in [1.29, 1.82) is 0 Å². The monoisotopic (exact) mass is 773 g/mol. The number of fused-ring (bicyclic) bond motifs is 9. The van der Waals surface area contributed by atoms with Crippen LogP contribution in [-0.2, 0) is 13.0 Å². The molecule has 0 radical (unpaired) electrons. The maximum atomic E-state index is 6.99. The van der Waals surface area contributed by atoms with E-state index >= 15 is 0 Å². The third-order valence-electron chi connectivity index (χ3n) is 11.5. The van der Waals surface area contributed by atoms with E-state index in [1.54, 1.807) is 0 Å². The van der Waals surface area contributed by atoms with Crippen molar-refractivity contribution < 1.29 is 4.42 Å². The molecule has 1 aliphatic carbocycles. The maximum Gasteiger partial charge on any atom is 0.143 e. The van der Waals surface area contributed by atoms with Crippen LogP contribution in [-0.4, -0.2) is 0 Å². The summed E-state index contributed by atoms with van der Waals surface area (Å²) in [6.07, 6.45) is 6.24. The summed E-state index contributed by atoms with van der Waals surface area (Å²) in [7, 11) is 0. The molecule has 276 valence electrons. The summed E-state index contributed by atoms with van der Waals surface area (Å²) in [4.78, 5) is 1.51. The number of benzene rings is 7. The fourth-order valence-corrected chi connectivity index (χ4v) is 11.1. The Bertz CT molecular complexity index is 3140. The molecule has 0 saturated carbocycles. The van der Waals surface area contributed by atoms with Crippen LogP contribution in [0.2, 0.25) is 0 Å². The molecule has 0 aliphatic heterocycles. The Labute approximate surface area is 338 Å². The number of hydrogen-bond acceptors (Lipinski definition) is 6. The van der Waals surface area contributed by atoms with Crippen LogP contribution >= 0.6 is 22.7 Å². The third kappa shape index (κ3) is 6.09. The number of para-hydroxylation sites is 2. The normalized spacial score (nSPS) is 13.9. The summed E-state index contributed by atoms with van der Waals surface area (Å²) < 4.78 is 11.0. The molecule has 3 aromatic heterocycles. The first-order valence-corrected chi connectivity index (χ1v) is 21.3. The summed E-state index contributed by atoms with van der Waals surface area (Å²) >= 11 is 3.84. The number of rotatable bonds is 9. The standard InChI is InChI=1S/C51H39N3OS2/c52-50(32-14-5-2-6-15-32)54-51(53-30-31-12-3-1-4-13-31)42-22-11-20-40-39-19-9-17-35(47(39)55-48(40)42)33-25-27-45-43(28-33)41-21-10-18-36(49(41)57-45)34-24-26-38-37-16-7-8-23-44(37)56-46(38)29-34/h1-7,9-22,24-29,50-51,53-54H,8,23,30,52H2. The number of nitrogens with two attached hydrogens (primary N) is 1. The summed E-state index contributed by atoms with van der Waals surface area (Å²) in [6.45, 7) is 0.667. The molecule has 7 aromatic carbocycles. The lowest BCUT2D eigenvalue weighted by molar-refractivity contribution is 0.385. The quantitative estimate of drug-likeness (QED) is 0.128. The predicted octanol–water partition coefficient (Wildman–Crippen LogP) is 13.5. The van der Waals surface area contributed by atoms with Crippen molar-refractivity contribution >= 4 is 80.9 Å². The summed E-state index contributed by atoms with van der Waals surface area (Å²) in [5.41, 5.74) is 18.0. The molecule has 0 amide bonds. The van der Waals surface area contributed by atoms with Crippen molar-refractivity contribution in [3.63, 3.8) is 0 Å². The number of thiophene rings is 2. The van der Waals surface area contributed by atoms with Crippen LogP contribution in [0.4, 0.5) is 0 Å². The van der Waals surface area contributed by atoms with Gasteiger partial charge in [-0.15, -0.1) is 22.7 Å². The highest BCUT2D eigenvalue weighted by molar-refractivity contribution is 7.26. The number of aryl methyl sites for hydroxylation is 1. The van der Waals surface area contributed by atoms with Crippen LogP contribution in [0.25, 0.3) is 80.5 Å². The van der Waals surface area contributed by atoms with Crippen molar-refractivity contribution in [3.05, 3.63) is 185 Å². The first-order valence-electron chi connectivity index (χ1n) is 19.6. The Balaban J connectivity index is 0.992. The zero-order valence-electron chi connectivity index (χ0n) is 31.2. The zero-order chi connectivity index (χ0) is 37.9. The Morgan fingerprint density at radius 2 is 1.35 bits per heavy atom. The molecule has 2 unspecified atom stereocenters.